The van der Waals surface area contributed by atoms with Gasteiger partial charge in [-0.15, -0.1) is 0 Å². The summed E-state index contributed by atoms with van der Waals surface area (Å²) in [5.41, 5.74) is 0.267. The van der Waals surface area contributed by atoms with Gasteiger partial charge in [0.25, 0.3) is 0 Å². The smallest absolute Gasteiger partial charge is 0.157 e. The van der Waals surface area contributed by atoms with Crippen LogP contribution >= 0.6 is 11.8 Å². The van der Waals surface area contributed by atoms with Gasteiger partial charge in [-0.1, -0.05) is 46.4 Å². The van der Waals surface area contributed by atoms with Crippen LogP contribution in [0.1, 0.15) is 47.5 Å². The Bertz CT molecular complexity index is 308. The van der Waals surface area contributed by atoms with E-state index in [0.29, 0.717) is 18.0 Å². The Labute approximate surface area is 130 Å². The molecule has 2 unspecified atom stereocenters. The third kappa shape index (κ3) is 6.49. The van der Waals surface area contributed by atoms with Gasteiger partial charge in [0.05, 0.1) is 6.04 Å². The molecule has 20 heavy (non-hydrogen) atoms. The number of thioether (sulfide) groups is 1. The van der Waals surface area contributed by atoms with E-state index in [0.717, 1.165) is 11.7 Å². The zero-order valence-electron chi connectivity index (χ0n) is 14.4. The predicted molar refractivity (Wildman–Crippen MR) is 92.7 cm³/mol. The van der Waals surface area contributed by atoms with E-state index in [4.69, 9.17) is 4.99 Å². The molecule has 1 aliphatic rings. The number of aliphatic imine (C=N–C) groups is 1. The Hall–Kier alpha value is -0.220. The maximum absolute atomic E-state index is 4.96. The highest BCUT2D eigenvalue weighted by atomic mass is 32.2. The summed E-state index contributed by atoms with van der Waals surface area (Å²) in [7, 11) is 4.28. The van der Waals surface area contributed by atoms with Gasteiger partial charge in [-0.25, -0.2) is 0 Å². The van der Waals surface area contributed by atoms with Gasteiger partial charge in [0.1, 0.15) is 0 Å². The largest absolute Gasteiger partial charge is 0.361 e. The van der Waals surface area contributed by atoms with Crippen molar-refractivity contribution in [1.82, 2.24) is 10.2 Å². The molecule has 0 spiro atoms. The van der Waals surface area contributed by atoms with E-state index in [1.165, 1.54) is 18.6 Å². The molecule has 2 atom stereocenters. The molecule has 1 heterocycles. The minimum absolute atomic E-state index is 0.267. The van der Waals surface area contributed by atoms with E-state index in [2.05, 4.69) is 58.9 Å². The molecular weight excluding hydrogens is 266 g/mol. The molecule has 0 aliphatic carbocycles. The second-order valence-electron chi connectivity index (χ2n) is 7.69. The van der Waals surface area contributed by atoms with Gasteiger partial charge in [0.15, 0.2) is 5.17 Å². The fourth-order valence-electron chi connectivity index (χ4n) is 2.58. The van der Waals surface area contributed by atoms with E-state index in [1.807, 2.05) is 11.8 Å². The minimum atomic E-state index is 0.267. The molecule has 0 aromatic heterocycles. The monoisotopic (exact) mass is 299 g/mol. The number of nitrogens with zero attached hydrogens (tertiary/aromatic N) is 2. The number of likely N-dealkylation sites (N-methyl/N-ethyl adjacent to an activating group) is 1. The summed E-state index contributed by atoms with van der Waals surface area (Å²) < 4.78 is 0. The van der Waals surface area contributed by atoms with E-state index in [9.17, 15) is 0 Å². The average molecular weight is 300 g/mol. The minimum Gasteiger partial charge on any atom is -0.361 e. The van der Waals surface area contributed by atoms with Gasteiger partial charge in [0.2, 0.25) is 0 Å². The van der Waals surface area contributed by atoms with E-state index < -0.39 is 0 Å². The summed E-state index contributed by atoms with van der Waals surface area (Å²) >= 11 is 1.89. The standard InChI is InChI=1S/C16H33N3S/c1-12(2)10-13(11-19(6)7)17-15-18-14(8-9-20-15)16(3,4)5/h12-14H,8-11H2,1-7H3,(H,17,18). The fourth-order valence-corrected chi connectivity index (χ4v) is 3.57. The molecule has 0 aromatic rings. The predicted octanol–water partition coefficient (Wildman–Crippen LogP) is 3.46. The summed E-state index contributed by atoms with van der Waals surface area (Å²) in [5, 5.41) is 4.85. The molecule has 3 nitrogen and oxygen atoms in total. The molecule has 0 amide bonds. The Morgan fingerprint density at radius 1 is 1.35 bits per heavy atom. The molecule has 0 aromatic carbocycles. The van der Waals surface area contributed by atoms with Crippen LogP contribution in [0.25, 0.3) is 0 Å². The summed E-state index contributed by atoms with van der Waals surface area (Å²) in [5.74, 6) is 1.89. The number of nitrogens with one attached hydrogen (secondary N) is 1. The van der Waals surface area contributed by atoms with Crippen molar-refractivity contribution in [1.29, 1.82) is 0 Å². The van der Waals surface area contributed by atoms with Crippen LogP contribution in [0.15, 0.2) is 4.99 Å². The molecule has 0 bridgehead atoms. The third-order valence-electron chi connectivity index (χ3n) is 3.57. The number of rotatable bonds is 5. The number of hydrogen-bond donors (Lipinski definition) is 1. The molecular formula is C16H33N3S. The Morgan fingerprint density at radius 3 is 2.50 bits per heavy atom. The van der Waals surface area contributed by atoms with Crippen LogP contribution in [-0.4, -0.2) is 48.5 Å². The highest BCUT2D eigenvalue weighted by Crippen LogP contribution is 2.30. The van der Waals surface area contributed by atoms with Crippen LogP contribution in [0.2, 0.25) is 0 Å². The van der Waals surface area contributed by atoms with Crippen molar-refractivity contribution in [3.63, 3.8) is 0 Å². The van der Waals surface area contributed by atoms with Crippen molar-refractivity contribution >= 4 is 16.9 Å². The van der Waals surface area contributed by atoms with Crippen LogP contribution in [-0.2, 0) is 0 Å². The second kappa shape index (κ2) is 7.69. The van der Waals surface area contributed by atoms with Crippen molar-refractivity contribution in [2.45, 2.75) is 59.5 Å². The molecule has 0 saturated heterocycles. The van der Waals surface area contributed by atoms with Crippen LogP contribution in [0.3, 0.4) is 0 Å². The van der Waals surface area contributed by atoms with E-state index in [1.54, 1.807) is 0 Å². The molecule has 0 fully saturated rings. The third-order valence-corrected chi connectivity index (χ3v) is 4.51. The van der Waals surface area contributed by atoms with E-state index >= 15 is 0 Å². The first-order valence-electron chi connectivity index (χ1n) is 7.80. The molecule has 1 rings (SSSR count). The topological polar surface area (TPSA) is 27.6 Å². The normalized spacial score (nSPS) is 22.1. The summed E-state index contributed by atoms with van der Waals surface area (Å²) in [6.07, 6.45) is 2.39. The highest BCUT2D eigenvalue weighted by molar-refractivity contribution is 8.13. The molecule has 1 N–H and O–H groups in total. The molecule has 1 aliphatic heterocycles. The first-order valence-corrected chi connectivity index (χ1v) is 8.79. The maximum Gasteiger partial charge on any atom is 0.157 e. The van der Waals surface area contributed by atoms with Crippen molar-refractivity contribution in [2.75, 3.05) is 26.4 Å². The van der Waals surface area contributed by atoms with Crippen molar-refractivity contribution < 1.29 is 0 Å². The lowest BCUT2D eigenvalue weighted by atomic mass is 9.85. The molecule has 118 valence electrons. The van der Waals surface area contributed by atoms with Gasteiger partial charge >= 0.3 is 0 Å². The first kappa shape index (κ1) is 17.8. The van der Waals surface area contributed by atoms with Crippen LogP contribution in [0.4, 0.5) is 0 Å². The number of hydrogen-bond acceptors (Lipinski definition) is 4. The van der Waals surface area contributed by atoms with Gasteiger partial charge < -0.3 is 10.2 Å². The molecule has 4 heteroatoms. The Morgan fingerprint density at radius 2 is 2.00 bits per heavy atom. The van der Waals surface area contributed by atoms with Gasteiger partial charge in [-0.05, 0) is 38.3 Å². The summed E-state index contributed by atoms with van der Waals surface area (Å²) in [6, 6.07) is 0.945. The SMILES string of the molecule is CC(C)CC(CN(C)C)NC1=NC(C(C)(C)C)CCS1. The summed E-state index contributed by atoms with van der Waals surface area (Å²) in [6.45, 7) is 12.5. The first-order chi connectivity index (χ1) is 9.18. The van der Waals surface area contributed by atoms with Crippen molar-refractivity contribution in [3.05, 3.63) is 0 Å². The molecule has 0 radical (unpaired) electrons. The van der Waals surface area contributed by atoms with Gasteiger partial charge in [-0.3, -0.25) is 4.99 Å². The van der Waals surface area contributed by atoms with E-state index in [-0.39, 0.29) is 5.41 Å². The van der Waals surface area contributed by atoms with Crippen molar-refractivity contribution in [3.8, 4) is 0 Å². The van der Waals surface area contributed by atoms with Crippen molar-refractivity contribution in [2.24, 2.45) is 16.3 Å². The lowest BCUT2D eigenvalue weighted by molar-refractivity contribution is 0.310. The summed E-state index contributed by atoms with van der Waals surface area (Å²) in [4.78, 5) is 7.22. The average Bonchev–Trinajstić information content (AvgIpc) is 2.26. The fraction of sp³-hybridized carbons (Fsp3) is 0.938. The van der Waals surface area contributed by atoms with Crippen LogP contribution in [0, 0.1) is 11.3 Å². The number of amidine groups is 1. The Balaban J connectivity index is 2.68. The van der Waals surface area contributed by atoms with Crippen LogP contribution in [0.5, 0.6) is 0 Å². The molecule has 0 saturated carbocycles. The second-order valence-corrected chi connectivity index (χ2v) is 8.77. The Kier molecular flexibility index (Phi) is 6.86. The zero-order chi connectivity index (χ0) is 15.3. The highest BCUT2D eigenvalue weighted by Gasteiger charge is 2.28. The zero-order valence-corrected chi connectivity index (χ0v) is 15.2. The lowest BCUT2D eigenvalue weighted by Gasteiger charge is -2.33. The lowest BCUT2D eigenvalue weighted by Crippen LogP contribution is -2.43. The quantitative estimate of drug-likeness (QED) is 0.842. The maximum atomic E-state index is 4.96. The van der Waals surface area contributed by atoms with Gasteiger partial charge in [-0.2, -0.15) is 0 Å². The van der Waals surface area contributed by atoms with Gasteiger partial charge in [0, 0.05) is 18.3 Å². The van der Waals surface area contributed by atoms with Crippen LogP contribution < -0.4 is 5.32 Å².